The Kier molecular flexibility index (Phi) is 25.2. The first kappa shape index (κ1) is 28.5. The molecule has 0 heterocycles. The van der Waals surface area contributed by atoms with Crippen molar-refractivity contribution in [2.75, 3.05) is 0 Å². The average Bonchev–Trinajstić information content (AvgIpc) is 2.73. The number of unbranched alkanes of at least 4 members (excludes halogenated alkanes) is 17. The smallest absolute Gasteiger partial charge is 0.0978 e. The van der Waals surface area contributed by atoms with E-state index in [9.17, 15) is 0 Å². The SMILES string of the molecule is CC/C=C/OC(CCCCC)CCCCCCCCCCCCCCCCCC. The van der Waals surface area contributed by atoms with E-state index in [1.54, 1.807) is 0 Å². The van der Waals surface area contributed by atoms with Gasteiger partial charge in [-0.05, 0) is 32.1 Å². The largest absolute Gasteiger partial charge is 0.498 e. The van der Waals surface area contributed by atoms with Crippen LogP contribution in [0.2, 0.25) is 0 Å². The summed E-state index contributed by atoms with van der Waals surface area (Å²) < 4.78 is 5.97. The van der Waals surface area contributed by atoms with E-state index in [1.165, 1.54) is 135 Å². The fourth-order valence-electron chi connectivity index (χ4n) is 4.09. The summed E-state index contributed by atoms with van der Waals surface area (Å²) in [7, 11) is 0. The Morgan fingerprint density at radius 1 is 0.483 bits per heavy atom. The minimum absolute atomic E-state index is 0.455. The summed E-state index contributed by atoms with van der Waals surface area (Å²) in [6.07, 6.45) is 35.1. The van der Waals surface area contributed by atoms with Crippen molar-refractivity contribution in [1.82, 2.24) is 0 Å². The van der Waals surface area contributed by atoms with E-state index >= 15 is 0 Å². The Bertz CT molecular complexity index is 309. The summed E-state index contributed by atoms with van der Waals surface area (Å²) in [5.41, 5.74) is 0. The van der Waals surface area contributed by atoms with E-state index in [-0.39, 0.29) is 0 Å². The molecule has 1 nitrogen and oxygen atoms in total. The molecule has 0 radical (unpaired) electrons. The highest BCUT2D eigenvalue weighted by atomic mass is 16.5. The molecule has 0 saturated carbocycles. The van der Waals surface area contributed by atoms with Crippen LogP contribution in [-0.2, 0) is 4.74 Å². The Labute approximate surface area is 185 Å². The molecule has 0 aromatic heterocycles. The van der Waals surface area contributed by atoms with Gasteiger partial charge in [-0.25, -0.2) is 0 Å². The number of hydrogen-bond acceptors (Lipinski definition) is 1. The van der Waals surface area contributed by atoms with E-state index in [0.717, 1.165) is 6.42 Å². The minimum atomic E-state index is 0.455. The predicted molar refractivity (Wildman–Crippen MR) is 133 cm³/mol. The molecule has 0 amide bonds. The first-order valence-corrected chi connectivity index (χ1v) is 13.7. The van der Waals surface area contributed by atoms with E-state index in [0.29, 0.717) is 6.10 Å². The van der Waals surface area contributed by atoms with Crippen LogP contribution in [0.25, 0.3) is 0 Å². The van der Waals surface area contributed by atoms with Crippen molar-refractivity contribution in [2.45, 2.75) is 168 Å². The Hall–Kier alpha value is -0.460. The number of rotatable bonds is 24. The van der Waals surface area contributed by atoms with Gasteiger partial charge in [-0.3, -0.25) is 0 Å². The molecule has 0 bridgehead atoms. The van der Waals surface area contributed by atoms with Crippen LogP contribution in [0.15, 0.2) is 12.3 Å². The molecule has 174 valence electrons. The van der Waals surface area contributed by atoms with Crippen molar-refractivity contribution in [1.29, 1.82) is 0 Å². The third-order valence-electron chi connectivity index (χ3n) is 6.11. The molecule has 29 heavy (non-hydrogen) atoms. The maximum absolute atomic E-state index is 5.97. The molecule has 0 spiro atoms. The lowest BCUT2D eigenvalue weighted by molar-refractivity contribution is 0.120. The summed E-state index contributed by atoms with van der Waals surface area (Å²) in [6, 6.07) is 0. The first-order chi connectivity index (χ1) is 14.3. The third-order valence-corrected chi connectivity index (χ3v) is 6.11. The van der Waals surface area contributed by atoms with Gasteiger partial charge < -0.3 is 4.74 Å². The highest BCUT2D eigenvalue weighted by molar-refractivity contribution is 4.73. The van der Waals surface area contributed by atoms with Gasteiger partial charge in [0.25, 0.3) is 0 Å². The van der Waals surface area contributed by atoms with Crippen molar-refractivity contribution in [2.24, 2.45) is 0 Å². The molecule has 0 N–H and O–H groups in total. The van der Waals surface area contributed by atoms with E-state index < -0.39 is 0 Å². The second-order valence-corrected chi connectivity index (χ2v) is 9.13. The zero-order valence-electron chi connectivity index (χ0n) is 20.7. The van der Waals surface area contributed by atoms with Crippen LogP contribution < -0.4 is 0 Å². The average molecular weight is 409 g/mol. The van der Waals surface area contributed by atoms with Gasteiger partial charge in [0.2, 0.25) is 0 Å². The molecule has 1 unspecified atom stereocenters. The van der Waals surface area contributed by atoms with Crippen LogP contribution in [0.3, 0.4) is 0 Å². The first-order valence-electron chi connectivity index (χ1n) is 13.7. The summed E-state index contributed by atoms with van der Waals surface area (Å²) in [4.78, 5) is 0. The number of allylic oxidation sites excluding steroid dienone is 1. The zero-order chi connectivity index (χ0) is 21.3. The van der Waals surface area contributed by atoms with Gasteiger partial charge in [-0.1, -0.05) is 136 Å². The van der Waals surface area contributed by atoms with E-state index in [1.807, 2.05) is 6.26 Å². The molecule has 0 fully saturated rings. The van der Waals surface area contributed by atoms with Crippen LogP contribution in [0, 0.1) is 0 Å². The predicted octanol–water partition coefficient (Wildman–Crippen LogP) is 10.5. The number of hydrogen-bond donors (Lipinski definition) is 0. The van der Waals surface area contributed by atoms with Crippen molar-refractivity contribution < 1.29 is 4.74 Å². The van der Waals surface area contributed by atoms with Crippen molar-refractivity contribution in [3.63, 3.8) is 0 Å². The molecule has 0 saturated heterocycles. The third kappa shape index (κ3) is 23.7. The summed E-state index contributed by atoms with van der Waals surface area (Å²) in [5, 5.41) is 0. The summed E-state index contributed by atoms with van der Waals surface area (Å²) >= 11 is 0. The Balaban J connectivity index is 3.39. The Morgan fingerprint density at radius 3 is 1.24 bits per heavy atom. The lowest BCUT2D eigenvalue weighted by atomic mass is 10.0. The van der Waals surface area contributed by atoms with Gasteiger partial charge in [-0.15, -0.1) is 0 Å². The van der Waals surface area contributed by atoms with Crippen LogP contribution in [0.1, 0.15) is 162 Å². The standard InChI is InChI=1S/C28H56O/c1-4-7-10-11-12-13-14-15-16-17-18-19-20-21-22-24-26-28(25-23-8-5-2)29-27-9-6-3/h9,27-28H,4-8,10-26H2,1-3H3/b27-9+. The fourth-order valence-corrected chi connectivity index (χ4v) is 4.09. The summed E-state index contributed by atoms with van der Waals surface area (Å²) in [5.74, 6) is 0. The molecule has 0 aliphatic rings. The lowest BCUT2D eigenvalue weighted by Crippen LogP contribution is -2.09. The van der Waals surface area contributed by atoms with Crippen LogP contribution in [-0.4, -0.2) is 6.10 Å². The minimum Gasteiger partial charge on any atom is -0.498 e. The molecule has 0 aliphatic carbocycles. The highest BCUT2D eigenvalue weighted by Gasteiger charge is 2.07. The molecule has 0 aliphatic heterocycles. The normalized spacial score (nSPS) is 12.7. The fraction of sp³-hybridized carbons (Fsp3) is 0.929. The quantitative estimate of drug-likeness (QED) is 0.114. The molecule has 1 heteroatoms. The molecule has 0 rings (SSSR count). The maximum atomic E-state index is 5.97. The maximum Gasteiger partial charge on any atom is 0.0978 e. The van der Waals surface area contributed by atoms with Crippen LogP contribution in [0.5, 0.6) is 0 Å². The lowest BCUT2D eigenvalue weighted by Gasteiger charge is -2.16. The van der Waals surface area contributed by atoms with Gasteiger partial charge in [0, 0.05) is 0 Å². The van der Waals surface area contributed by atoms with Gasteiger partial charge in [0.05, 0.1) is 12.4 Å². The van der Waals surface area contributed by atoms with Gasteiger partial charge in [0.1, 0.15) is 0 Å². The molecule has 0 aromatic carbocycles. The topological polar surface area (TPSA) is 9.23 Å². The highest BCUT2D eigenvalue weighted by Crippen LogP contribution is 2.17. The van der Waals surface area contributed by atoms with Gasteiger partial charge in [0.15, 0.2) is 0 Å². The zero-order valence-corrected chi connectivity index (χ0v) is 20.7. The van der Waals surface area contributed by atoms with Crippen LogP contribution in [0.4, 0.5) is 0 Å². The van der Waals surface area contributed by atoms with E-state index in [4.69, 9.17) is 4.74 Å². The van der Waals surface area contributed by atoms with Crippen LogP contribution >= 0.6 is 0 Å². The van der Waals surface area contributed by atoms with Crippen molar-refractivity contribution in [3.8, 4) is 0 Å². The number of ether oxygens (including phenoxy) is 1. The molecular weight excluding hydrogens is 352 g/mol. The monoisotopic (exact) mass is 408 g/mol. The summed E-state index contributed by atoms with van der Waals surface area (Å²) in [6.45, 7) is 6.75. The van der Waals surface area contributed by atoms with E-state index in [2.05, 4.69) is 26.8 Å². The van der Waals surface area contributed by atoms with Gasteiger partial charge >= 0.3 is 0 Å². The van der Waals surface area contributed by atoms with Crippen molar-refractivity contribution in [3.05, 3.63) is 12.3 Å². The van der Waals surface area contributed by atoms with Gasteiger partial charge in [-0.2, -0.15) is 0 Å². The molecule has 1 atom stereocenters. The van der Waals surface area contributed by atoms with Crippen molar-refractivity contribution >= 4 is 0 Å². The second-order valence-electron chi connectivity index (χ2n) is 9.13. The second kappa shape index (κ2) is 25.6. The molecular formula is C28H56O. The Morgan fingerprint density at radius 2 is 0.828 bits per heavy atom. The molecule has 0 aromatic rings.